The molecule has 1 heterocycles. The predicted molar refractivity (Wildman–Crippen MR) is 99.7 cm³/mol. The Bertz CT molecular complexity index is 779. The van der Waals surface area contributed by atoms with E-state index in [1.165, 1.54) is 19.4 Å². The third-order valence-electron chi connectivity index (χ3n) is 4.00. The van der Waals surface area contributed by atoms with E-state index in [0.717, 1.165) is 5.56 Å². The normalized spacial score (nSPS) is 12.7. The van der Waals surface area contributed by atoms with Crippen molar-refractivity contribution in [2.24, 2.45) is 0 Å². The second-order valence-electron chi connectivity index (χ2n) is 6.08. The molecule has 0 aliphatic rings. The summed E-state index contributed by atoms with van der Waals surface area (Å²) in [4.78, 5) is 28.6. The lowest BCUT2D eigenvalue weighted by atomic mass is 10.1. The van der Waals surface area contributed by atoms with Crippen LogP contribution in [0.3, 0.4) is 0 Å². The van der Waals surface area contributed by atoms with Gasteiger partial charge in [0.15, 0.2) is 17.2 Å². The van der Waals surface area contributed by atoms with E-state index in [-0.39, 0.29) is 23.3 Å². The predicted octanol–water partition coefficient (Wildman–Crippen LogP) is 2.48. The highest BCUT2D eigenvalue weighted by molar-refractivity contribution is 5.97. The highest BCUT2D eigenvalue weighted by Crippen LogP contribution is 2.27. The molecule has 2 N–H and O–H groups in total. The monoisotopic (exact) mass is 372 g/mol. The molecule has 0 fully saturated rings. The van der Waals surface area contributed by atoms with Crippen molar-refractivity contribution in [2.75, 3.05) is 7.11 Å². The van der Waals surface area contributed by atoms with E-state index >= 15 is 0 Å². The van der Waals surface area contributed by atoms with Gasteiger partial charge in [0.2, 0.25) is 0 Å². The molecular formula is C20H24N2O5. The van der Waals surface area contributed by atoms with Crippen molar-refractivity contribution in [2.45, 2.75) is 38.8 Å². The van der Waals surface area contributed by atoms with Crippen molar-refractivity contribution in [1.82, 2.24) is 10.3 Å². The Morgan fingerprint density at radius 1 is 1.22 bits per heavy atom. The van der Waals surface area contributed by atoms with Crippen LogP contribution in [0, 0.1) is 0 Å². The van der Waals surface area contributed by atoms with Gasteiger partial charge in [-0.3, -0.25) is 4.79 Å². The number of pyridine rings is 1. The number of amides is 1. The second-order valence-corrected chi connectivity index (χ2v) is 6.08. The largest absolute Gasteiger partial charge is 0.503 e. The Labute approximate surface area is 158 Å². The molecule has 0 spiro atoms. The van der Waals surface area contributed by atoms with E-state index in [2.05, 4.69) is 10.3 Å². The van der Waals surface area contributed by atoms with Crippen LogP contribution in [-0.4, -0.2) is 41.2 Å². The van der Waals surface area contributed by atoms with Crippen LogP contribution in [0.2, 0.25) is 0 Å². The van der Waals surface area contributed by atoms with Crippen LogP contribution in [0.5, 0.6) is 11.5 Å². The molecule has 0 aliphatic heterocycles. The van der Waals surface area contributed by atoms with Crippen LogP contribution >= 0.6 is 0 Å². The van der Waals surface area contributed by atoms with Crippen LogP contribution in [0.1, 0.15) is 36.3 Å². The molecule has 1 amide bonds. The van der Waals surface area contributed by atoms with E-state index in [4.69, 9.17) is 9.47 Å². The second kappa shape index (κ2) is 9.56. The number of rotatable bonds is 8. The first-order valence-electron chi connectivity index (χ1n) is 8.73. The van der Waals surface area contributed by atoms with Gasteiger partial charge in [0.05, 0.1) is 7.11 Å². The first-order valence-corrected chi connectivity index (χ1v) is 8.73. The highest BCUT2D eigenvalue weighted by atomic mass is 16.5. The fraction of sp³-hybridized carbons (Fsp3) is 0.350. The van der Waals surface area contributed by atoms with Crippen LogP contribution in [0.25, 0.3) is 0 Å². The van der Waals surface area contributed by atoms with Crippen molar-refractivity contribution >= 4 is 11.9 Å². The number of aromatic hydroxyl groups is 1. The van der Waals surface area contributed by atoms with Gasteiger partial charge in [-0.2, -0.15) is 0 Å². The number of hydrogen-bond donors (Lipinski definition) is 2. The Morgan fingerprint density at radius 2 is 1.93 bits per heavy atom. The van der Waals surface area contributed by atoms with Gasteiger partial charge in [-0.25, -0.2) is 9.78 Å². The van der Waals surface area contributed by atoms with Gasteiger partial charge in [0, 0.05) is 18.7 Å². The number of carbonyl (C=O) groups is 2. The van der Waals surface area contributed by atoms with Crippen LogP contribution in [-0.2, 0) is 16.0 Å². The van der Waals surface area contributed by atoms with Gasteiger partial charge in [0.25, 0.3) is 5.91 Å². The molecule has 27 heavy (non-hydrogen) atoms. The topological polar surface area (TPSA) is 97.8 Å². The number of carbonyl (C=O) groups excluding carboxylic acids is 2. The van der Waals surface area contributed by atoms with E-state index in [1.54, 1.807) is 13.8 Å². The van der Waals surface area contributed by atoms with Crippen molar-refractivity contribution < 1.29 is 24.2 Å². The lowest BCUT2D eigenvalue weighted by Crippen LogP contribution is -2.42. The molecule has 144 valence electrons. The van der Waals surface area contributed by atoms with Gasteiger partial charge in [-0.15, -0.1) is 0 Å². The lowest BCUT2D eigenvalue weighted by Gasteiger charge is -2.20. The number of methoxy groups -OCH3 is 1. The number of hydrogen-bond acceptors (Lipinski definition) is 6. The van der Waals surface area contributed by atoms with Crippen LogP contribution < -0.4 is 10.1 Å². The summed E-state index contributed by atoms with van der Waals surface area (Å²) in [5.74, 6) is -1.46. The van der Waals surface area contributed by atoms with E-state index in [9.17, 15) is 14.7 Å². The molecule has 0 radical (unpaired) electrons. The third kappa shape index (κ3) is 5.44. The van der Waals surface area contributed by atoms with Crippen molar-refractivity contribution in [1.29, 1.82) is 0 Å². The minimum absolute atomic E-state index is 0.127. The summed E-state index contributed by atoms with van der Waals surface area (Å²) in [7, 11) is 1.37. The molecule has 1 aromatic carbocycles. The molecule has 1 unspecified atom stereocenters. The third-order valence-corrected chi connectivity index (χ3v) is 4.00. The zero-order valence-electron chi connectivity index (χ0n) is 15.6. The molecule has 0 saturated carbocycles. The fourth-order valence-electron chi connectivity index (χ4n) is 2.59. The molecule has 7 nitrogen and oxygen atoms in total. The first kappa shape index (κ1) is 20.2. The summed E-state index contributed by atoms with van der Waals surface area (Å²) >= 11 is 0. The van der Waals surface area contributed by atoms with Gasteiger partial charge in [-0.05, 0) is 18.9 Å². The van der Waals surface area contributed by atoms with Crippen LogP contribution in [0.4, 0.5) is 0 Å². The van der Waals surface area contributed by atoms with Crippen molar-refractivity contribution in [3.8, 4) is 11.5 Å². The van der Waals surface area contributed by atoms with Crippen molar-refractivity contribution in [3.63, 3.8) is 0 Å². The van der Waals surface area contributed by atoms with E-state index in [1.807, 2.05) is 30.3 Å². The minimum Gasteiger partial charge on any atom is -0.503 e. The summed E-state index contributed by atoms with van der Waals surface area (Å²) in [6.45, 7) is 3.56. The summed E-state index contributed by atoms with van der Waals surface area (Å²) in [5, 5.41) is 12.6. The molecule has 2 aromatic rings. The van der Waals surface area contributed by atoms with E-state index < -0.39 is 17.9 Å². The van der Waals surface area contributed by atoms with Gasteiger partial charge < -0.3 is 19.9 Å². The Kier molecular flexibility index (Phi) is 7.16. The Balaban J connectivity index is 1.99. The van der Waals surface area contributed by atoms with Gasteiger partial charge >= 0.3 is 5.97 Å². The smallest absolute Gasteiger partial charge is 0.328 e. The van der Waals surface area contributed by atoms with Crippen LogP contribution in [0.15, 0.2) is 42.6 Å². The SMILES string of the molecule is CC[C@H](NC(=O)c1nccc(OC)c1O)C(=O)OC(C)Cc1ccccc1. The summed E-state index contributed by atoms with van der Waals surface area (Å²) < 4.78 is 10.4. The number of nitrogens with one attached hydrogen (secondary N) is 1. The molecule has 7 heteroatoms. The van der Waals surface area contributed by atoms with Gasteiger partial charge in [0.1, 0.15) is 12.1 Å². The number of nitrogens with zero attached hydrogens (tertiary/aromatic N) is 1. The summed E-state index contributed by atoms with van der Waals surface area (Å²) in [6, 6.07) is 10.3. The molecule has 0 saturated heterocycles. The van der Waals surface area contributed by atoms with Crippen molar-refractivity contribution in [3.05, 3.63) is 53.9 Å². The Morgan fingerprint density at radius 3 is 2.56 bits per heavy atom. The zero-order chi connectivity index (χ0) is 19.8. The highest BCUT2D eigenvalue weighted by Gasteiger charge is 2.25. The average Bonchev–Trinajstić information content (AvgIpc) is 2.66. The standard InChI is InChI=1S/C20H24N2O5/c1-4-15(20(25)27-13(2)12-14-8-6-5-7-9-14)22-19(24)17-18(23)16(26-3)10-11-21-17/h5-11,13,15,23H,4,12H2,1-3H3,(H,22,24)/t13?,15-/m0/s1. The summed E-state index contributed by atoms with van der Waals surface area (Å²) in [6.07, 6.45) is 1.92. The van der Waals surface area contributed by atoms with E-state index in [0.29, 0.717) is 12.8 Å². The number of benzene rings is 1. The molecule has 0 aliphatic carbocycles. The molecule has 1 aromatic heterocycles. The zero-order valence-corrected chi connectivity index (χ0v) is 15.6. The number of aromatic nitrogens is 1. The van der Waals surface area contributed by atoms with Gasteiger partial charge in [-0.1, -0.05) is 37.3 Å². The maximum atomic E-state index is 12.4. The maximum absolute atomic E-state index is 12.4. The number of esters is 1. The quantitative estimate of drug-likeness (QED) is 0.691. The number of ether oxygens (including phenoxy) is 2. The fourth-order valence-corrected chi connectivity index (χ4v) is 2.59. The summed E-state index contributed by atoms with van der Waals surface area (Å²) in [5.41, 5.74) is 0.846. The minimum atomic E-state index is -0.844. The average molecular weight is 372 g/mol. The molecular weight excluding hydrogens is 348 g/mol. The lowest BCUT2D eigenvalue weighted by molar-refractivity contribution is -0.150. The molecule has 2 atom stereocenters. The Hall–Kier alpha value is -3.09. The molecule has 0 bridgehead atoms. The first-order chi connectivity index (χ1) is 13.0. The molecule has 2 rings (SSSR count). The maximum Gasteiger partial charge on any atom is 0.328 e.